The average Bonchev–Trinajstić information content (AvgIpc) is 3.21. The molecule has 0 spiro atoms. The van der Waals surface area contributed by atoms with E-state index < -0.39 is 10.2 Å². The number of rotatable bonds is 4. The lowest BCUT2D eigenvalue weighted by molar-refractivity contribution is 0.503. The van der Waals surface area contributed by atoms with Crippen LogP contribution in [-0.4, -0.2) is 41.0 Å². The Morgan fingerprint density at radius 2 is 2.00 bits per heavy atom. The molecule has 1 aromatic carbocycles. The van der Waals surface area contributed by atoms with Crippen LogP contribution in [0.5, 0.6) is 0 Å². The van der Waals surface area contributed by atoms with Gasteiger partial charge in [-0.1, -0.05) is 4.21 Å². The fourth-order valence-electron chi connectivity index (χ4n) is 2.42. The zero-order chi connectivity index (χ0) is 18.3. The minimum atomic E-state index is -2.98. The number of tetrazole rings is 1. The van der Waals surface area contributed by atoms with Crippen molar-refractivity contribution in [2.24, 2.45) is 7.05 Å². The van der Waals surface area contributed by atoms with E-state index in [1.54, 1.807) is 23.9 Å². The normalized spacial score (nSPS) is 13.8. The van der Waals surface area contributed by atoms with Crippen molar-refractivity contribution in [2.75, 3.05) is 6.26 Å². The van der Waals surface area contributed by atoms with Gasteiger partial charge in [0.25, 0.3) is 0 Å². The van der Waals surface area contributed by atoms with Gasteiger partial charge in [-0.3, -0.25) is 0 Å². The fraction of sp³-hybridized carbons (Fsp3) is 0.133. The molecule has 8 nitrogen and oxygen atoms in total. The first-order valence-electron chi connectivity index (χ1n) is 7.38. The van der Waals surface area contributed by atoms with Gasteiger partial charge in [-0.15, -0.1) is 16.4 Å². The van der Waals surface area contributed by atoms with Gasteiger partial charge in [0.15, 0.2) is 4.90 Å². The second-order valence-electron chi connectivity index (χ2n) is 5.52. The maximum absolute atomic E-state index is 11.8. The van der Waals surface area contributed by atoms with Crippen LogP contribution < -0.4 is 0 Å². The predicted molar refractivity (Wildman–Crippen MR) is 101 cm³/mol. The molecule has 0 saturated heterocycles. The van der Waals surface area contributed by atoms with E-state index in [9.17, 15) is 8.76 Å². The van der Waals surface area contributed by atoms with Gasteiger partial charge in [-0.05, 0) is 52.0 Å². The number of thiophene rings is 1. The minimum Gasteiger partial charge on any atom is -0.229 e. The molecule has 0 radical (unpaired) electrons. The summed E-state index contributed by atoms with van der Waals surface area (Å²) in [4.78, 5) is 10.0. The highest BCUT2D eigenvalue weighted by Gasteiger charge is 2.22. The summed E-state index contributed by atoms with van der Waals surface area (Å²) in [5, 5.41) is 15.8. The molecule has 0 aliphatic rings. The Hall–Kier alpha value is -2.21. The molecule has 0 aliphatic heterocycles. The van der Waals surface area contributed by atoms with Gasteiger partial charge in [0.1, 0.15) is 22.4 Å². The summed E-state index contributed by atoms with van der Waals surface area (Å²) in [7, 11) is -1.21. The molecule has 4 rings (SSSR count). The van der Waals surface area contributed by atoms with Crippen LogP contribution in [0.25, 0.3) is 21.3 Å². The first-order chi connectivity index (χ1) is 12.4. The lowest BCUT2D eigenvalue weighted by Crippen LogP contribution is -2.05. The van der Waals surface area contributed by atoms with Gasteiger partial charge in [-0.2, -0.15) is 4.55 Å². The largest absolute Gasteiger partial charge is 0.244 e. The standard InChI is InChI=1S/C15H12N6O2S3/c1-21-15(18-19-20-21)25-14-12-11(7-24-13(12)16-8-17-14)9-3-5-10(6-4-9)26(2,22)23/h3-8H,1-2H3/p+1. The number of nitrogens with zero attached hydrogens (tertiary/aromatic N) is 6. The van der Waals surface area contributed by atoms with Crippen LogP contribution in [0, 0.1) is 0 Å². The van der Waals surface area contributed by atoms with E-state index in [1.807, 2.05) is 17.5 Å². The molecule has 11 heteroatoms. The maximum Gasteiger partial charge on any atom is 0.244 e. The van der Waals surface area contributed by atoms with E-state index in [0.29, 0.717) is 10.1 Å². The molecule has 1 N–H and O–H groups in total. The van der Waals surface area contributed by atoms with E-state index >= 15 is 0 Å². The molecule has 3 heterocycles. The van der Waals surface area contributed by atoms with Crippen molar-refractivity contribution in [1.29, 1.82) is 0 Å². The van der Waals surface area contributed by atoms with Crippen molar-refractivity contribution in [2.45, 2.75) is 15.1 Å². The third-order valence-corrected chi connectivity index (χ3v) is 6.77. The maximum atomic E-state index is 11.8. The molecular weight excluding hydrogens is 392 g/mol. The number of hydrogen-bond donors (Lipinski definition) is 1. The highest BCUT2D eigenvalue weighted by Crippen LogP contribution is 2.39. The minimum absolute atomic E-state index is 0.400. The molecule has 1 atom stereocenters. The van der Waals surface area contributed by atoms with Crippen molar-refractivity contribution in [1.82, 2.24) is 30.2 Å². The smallest absolute Gasteiger partial charge is 0.229 e. The molecular formula is C15H13N6O2S3+. The predicted octanol–water partition coefficient (Wildman–Crippen LogP) is 2.99. The quantitative estimate of drug-likeness (QED) is 0.408. The summed E-state index contributed by atoms with van der Waals surface area (Å²) < 4.78 is 23.0. The Kier molecular flexibility index (Phi) is 4.31. The lowest BCUT2D eigenvalue weighted by atomic mass is 10.1. The number of aryl methyl sites for hydroxylation is 1. The van der Waals surface area contributed by atoms with Crippen LogP contribution in [0.3, 0.4) is 0 Å². The van der Waals surface area contributed by atoms with Crippen LogP contribution in [-0.2, 0) is 21.5 Å². The van der Waals surface area contributed by atoms with Crippen LogP contribution in [0.1, 0.15) is 0 Å². The molecule has 0 saturated carbocycles. The van der Waals surface area contributed by atoms with E-state index in [-0.39, 0.29) is 0 Å². The molecule has 0 aliphatic carbocycles. The van der Waals surface area contributed by atoms with Gasteiger partial charge >= 0.3 is 0 Å². The number of fused-ring (bicyclic) bond motifs is 1. The summed E-state index contributed by atoms with van der Waals surface area (Å²) in [6.07, 6.45) is 2.83. The molecule has 0 bridgehead atoms. The zero-order valence-corrected chi connectivity index (χ0v) is 16.2. The lowest BCUT2D eigenvalue weighted by Gasteiger charge is -2.05. The van der Waals surface area contributed by atoms with Gasteiger partial charge in [0.2, 0.25) is 15.4 Å². The number of aromatic nitrogens is 6. The first-order valence-corrected chi connectivity index (χ1v) is 11.0. The monoisotopic (exact) mass is 405 g/mol. The molecule has 26 heavy (non-hydrogen) atoms. The van der Waals surface area contributed by atoms with Crippen molar-refractivity contribution < 1.29 is 8.76 Å². The highest BCUT2D eigenvalue weighted by atomic mass is 32.3. The Morgan fingerprint density at radius 1 is 1.23 bits per heavy atom. The van der Waals surface area contributed by atoms with E-state index in [1.165, 1.54) is 35.7 Å². The average molecular weight is 406 g/mol. The van der Waals surface area contributed by atoms with E-state index in [2.05, 4.69) is 25.5 Å². The third kappa shape index (κ3) is 3.14. The third-order valence-electron chi connectivity index (χ3n) is 3.71. The van der Waals surface area contributed by atoms with E-state index in [4.69, 9.17) is 0 Å². The van der Waals surface area contributed by atoms with Crippen molar-refractivity contribution in [3.05, 3.63) is 36.0 Å². The fourth-order valence-corrected chi connectivity index (χ4v) is 4.87. The first kappa shape index (κ1) is 17.2. The molecule has 3 aromatic heterocycles. The number of benzene rings is 1. The molecule has 0 amide bonds. The van der Waals surface area contributed by atoms with Gasteiger partial charge in [0, 0.05) is 18.0 Å². The summed E-state index contributed by atoms with van der Waals surface area (Å²) in [5.41, 5.74) is 1.90. The molecule has 1 unspecified atom stereocenters. The van der Waals surface area contributed by atoms with Crippen LogP contribution in [0.2, 0.25) is 0 Å². The summed E-state index contributed by atoms with van der Waals surface area (Å²) in [5.74, 6) is 0. The van der Waals surface area contributed by atoms with Crippen molar-refractivity contribution in [3.63, 3.8) is 0 Å². The Labute approximate surface area is 157 Å². The molecule has 4 aromatic rings. The number of hydrogen-bond acceptors (Lipinski definition) is 8. The van der Waals surface area contributed by atoms with E-state index in [0.717, 1.165) is 26.4 Å². The Balaban J connectivity index is 1.81. The van der Waals surface area contributed by atoms with Crippen molar-refractivity contribution in [3.8, 4) is 11.1 Å². The van der Waals surface area contributed by atoms with Crippen LogP contribution >= 0.6 is 23.1 Å². The van der Waals surface area contributed by atoms with Crippen molar-refractivity contribution >= 4 is 43.5 Å². The van der Waals surface area contributed by atoms with Crippen LogP contribution in [0.15, 0.2) is 51.1 Å². The summed E-state index contributed by atoms with van der Waals surface area (Å²) in [6, 6.07) is 7.01. The van der Waals surface area contributed by atoms with Gasteiger partial charge in [-0.25, -0.2) is 14.6 Å². The van der Waals surface area contributed by atoms with Crippen LogP contribution in [0.4, 0.5) is 0 Å². The SMILES string of the molecule is Cn1nnnc1Sc1ncnc2scc(-c3ccc([S+](C)(=O)O)cc3)c12. The topological polar surface area (TPSA) is 107 Å². The second kappa shape index (κ2) is 6.50. The second-order valence-corrected chi connectivity index (χ2v) is 9.41. The molecule has 0 fully saturated rings. The van der Waals surface area contributed by atoms with Gasteiger partial charge < -0.3 is 0 Å². The summed E-state index contributed by atoms with van der Waals surface area (Å²) >= 11 is 2.89. The van der Waals surface area contributed by atoms with Gasteiger partial charge in [0.05, 0.1) is 5.39 Å². The Bertz CT molecular complexity index is 1130. The molecule has 132 valence electrons. The zero-order valence-electron chi connectivity index (χ0n) is 13.7. The summed E-state index contributed by atoms with van der Waals surface area (Å²) in [6.45, 7) is 0. The highest BCUT2D eigenvalue weighted by molar-refractivity contribution is 7.99. The Morgan fingerprint density at radius 3 is 2.65 bits per heavy atom.